The van der Waals surface area contributed by atoms with Gasteiger partial charge in [-0.3, -0.25) is 0 Å². The van der Waals surface area contributed by atoms with E-state index in [1.54, 1.807) is 0 Å². The van der Waals surface area contributed by atoms with Gasteiger partial charge in [-0.25, -0.2) is 4.98 Å². The Morgan fingerprint density at radius 3 is 2.62 bits per heavy atom. The van der Waals surface area contributed by atoms with Crippen LogP contribution in [0.2, 0.25) is 0 Å². The number of rotatable bonds is 7. The highest BCUT2D eigenvalue weighted by Gasteiger charge is 2.10. The van der Waals surface area contributed by atoms with Gasteiger partial charge in [0.2, 0.25) is 0 Å². The molecule has 0 bridgehead atoms. The predicted octanol–water partition coefficient (Wildman–Crippen LogP) is 5.61. The van der Waals surface area contributed by atoms with Crippen LogP contribution in [0.3, 0.4) is 0 Å². The van der Waals surface area contributed by atoms with Gasteiger partial charge in [-0.15, -0.1) is 0 Å². The van der Waals surface area contributed by atoms with Crippen molar-refractivity contribution < 1.29 is 4.74 Å². The van der Waals surface area contributed by atoms with Crippen molar-refractivity contribution in [3.63, 3.8) is 0 Å². The molecular formula is C23H24N2O. The van der Waals surface area contributed by atoms with Gasteiger partial charge >= 0.3 is 0 Å². The van der Waals surface area contributed by atoms with E-state index in [9.17, 15) is 0 Å². The number of aryl methyl sites for hydroxylation is 1. The van der Waals surface area contributed by atoms with E-state index in [-0.39, 0.29) is 0 Å². The molecule has 132 valence electrons. The smallest absolute Gasteiger partial charge is 0.120 e. The molecule has 0 spiro atoms. The molecule has 0 radical (unpaired) electrons. The van der Waals surface area contributed by atoms with Gasteiger partial charge in [0, 0.05) is 6.42 Å². The molecular weight excluding hydrogens is 320 g/mol. The number of aromatic nitrogens is 2. The Morgan fingerprint density at radius 1 is 0.923 bits per heavy atom. The third kappa shape index (κ3) is 3.43. The first-order valence-corrected chi connectivity index (χ1v) is 9.41. The van der Waals surface area contributed by atoms with E-state index in [0.29, 0.717) is 6.61 Å². The first kappa shape index (κ1) is 16.6. The molecule has 3 aromatic carbocycles. The highest BCUT2D eigenvalue weighted by Crippen LogP contribution is 2.21. The molecule has 1 aromatic heterocycles. The van der Waals surface area contributed by atoms with E-state index in [2.05, 4.69) is 72.2 Å². The Labute approximate surface area is 154 Å². The average Bonchev–Trinajstić information content (AvgIpc) is 3.04. The molecule has 0 saturated heterocycles. The Balaban J connectivity index is 1.51. The lowest BCUT2D eigenvalue weighted by Gasteiger charge is -2.11. The second kappa shape index (κ2) is 7.61. The van der Waals surface area contributed by atoms with Crippen LogP contribution in [-0.4, -0.2) is 16.2 Å². The zero-order valence-electron chi connectivity index (χ0n) is 15.2. The molecule has 0 unspecified atom stereocenters. The molecule has 0 saturated carbocycles. The quantitative estimate of drug-likeness (QED) is 0.435. The molecule has 4 rings (SSSR count). The summed E-state index contributed by atoms with van der Waals surface area (Å²) in [4.78, 5) is 4.82. The van der Waals surface area contributed by atoms with E-state index in [0.717, 1.165) is 36.5 Å². The van der Waals surface area contributed by atoms with E-state index in [1.807, 2.05) is 6.07 Å². The second-order valence-corrected chi connectivity index (χ2v) is 6.63. The first-order chi connectivity index (χ1) is 12.8. The third-order valence-corrected chi connectivity index (χ3v) is 4.79. The van der Waals surface area contributed by atoms with Crippen LogP contribution in [0, 0.1) is 0 Å². The van der Waals surface area contributed by atoms with Gasteiger partial charge in [0.15, 0.2) is 0 Å². The molecule has 0 aliphatic heterocycles. The van der Waals surface area contributed by atoms with E-state index in [4.69, 9.17) is 9.72 Å². The predicted molar refractivity (Wildman–Crippen MR) is 108 cm³/mol. The van der Waals surface area contributed by atoms with Crippen LogP contribution < -0.4 is 4.74 Å². The number of nitrogens with zero attached hydrogens (tertiary/aromatic N) is 2. The summed E-state index contributed by atoms with van der Waals surface area (Å²) in [7, 11) is 0. The summed E-state index contributed by atoms with van der Waals surface area (Å²) in [6, 6.07) is 23.0. The fraction of sp³-hybridized carbons (Fsp3) is 0.261. The summed E-state index contributed by atoms with van der Waals surface area (Å²) in [5, 5.41) is 2.45. The summed E-state index contributed by atoms with van der Waals surface area (Å²) in [5.74, 6) is 2.08. The highest BCUT2D eigenvalue weighted by atomic mass is 16.5. The van der Waals surface area contributed by atoms with Gasteiger partial charge in [-0.05, 0) is 41.5 Å². The van der Waals surface area contributed by atoms with Crippen molar-refractivity contribution in [2.24, 2.45) is 0 Å². The maximum Gasteiger partial charge on any atom is 0.120 e. The molecule has 0 aliphatic carbocycles. The van der Waals surface area contributed by atoms with Gasteiger partial charge in [-0.1, -0.05) is 55.8 Å². The molecule has 0 atom stereocenters. The highest BCUT2D eigenvalue weighted by molar-refractivity contribution is 5.83. The zero-order valence-corrected chi connectivity index (χ0v) is 15.2. The molecule has 4 aromatic rings. The Bertz CT molecular complexity index is 1020. The Hall–Kier alpha value is -2.81. The van der Waals surface area contributed by atoms with Crippen molar-refractivity contribution in [3.05, 3.63) is 72.6 Å². The number of benzene rings is 3. The van der Waals surface area contributed by atoms with Gasteiger partial charge in [0.25, 0.3) is 0 Å². The lowest BCUT2D eigenvalue weighted by atomic mass is 10.1. The standard InChI is InChI=1S/C23H24N2O/c1-2-3-12-23-24-21-10-6-7-11-22(21)25(23)15-16-26-20-14-13-18-8-4-5-9-19(18)17-20/h4-11,13-14,17H,2-3,12,15-16H2,1H3. The monoisotopic (exact) mass is 344 g/mol. The van der Waals surface area contributed by atoms with E-state index >= 15 is 0 Å². The number of ether oxygens (including phenoxy) is 1. The van der Waals surface area contributed by atoms with Crippen molar-refractivity contribution in [1.82, 2.24) is 9.55 Å². The van der Waals surface area contributed by atoms with Crippen molar-refractivity contribution in [3.8, 4) is 5.75 Å². The van der Waals surface area contributed by atoms with E-state index < -0.39 is 0 Å². The van der Waals surface area contributed by atoms with Crippen LogP contribution in [0.15, 0.2) is 66.7 Å². The largest absolute Gasteiger partial charge is 0.492 e. The van der Waals surface area contributed by atoms with Gasteiger partial charge in [0.1, 0.15) is 18.2 Å². The molecule has 26 heavy (non-hydrogen) atoms. The first-order valence-electron chi connectivity index (χ1n) is 9.41. The molecule has 0 aliphatic rings. The summed E-state index contributed by atoms with van der Waals surface area (Å²) in [5.41, 5.74) is 2.27. The normalized spacial score (nSPS) is 11.3. The van der Waals surface area contributed by atoms with Crippen molar-refractivity contribution in [2.75, 3.05) is 6.61 Å². The maximum absolute atomic E-state index is 6.05. The average molecular weight is 344 g/mol. The lowest BCUT2D eigenvalue weighted by molar-refractivity contribution is 0.298. The number of unbranched alkanes of at least 4 members (excludes halogenated alkanes) is 1. The summed E-state index contributed by atoms with van der Waals surface area (Å²) in [6.45, 7) is 3.67. The summed E-state index contributed by atoms with van der Waals surface area (Å²) < 4.78 is 8.36. The molecule has 0 N–H and O–H groups in total. The van der Waals surface area contributed by atoms with Crippen LogP contribution in [0.1, 0.15) is 25.6 Å². The minimum Gasteiger partial charge on any atom is -0.492 e. The molecule has 0 fully saturated rings. The molecule has 1 heterocycles. The minimum atomic E-state index is 0.637. The second-order valence-electron chi connectivity index (χ2n) is 6.63. The lowest BCUT2D eigenvalue weighted by Crippen LogP contribution is -2.11. The van der Waals surface area contributed by atoms with Crippen LogP contribution >= 0.6 is 0 Å². The fourth-order valence-corrected chi connectivity index (χ4v) is 3.41. The van der Waals surface area contributed by atoms with Crippen molar-refractivity contribution in [1.29, 1.82) is 0 Å². The van der Waals surface area contributed by atoms with E-state index in [1.165, 1.54) is 22.7 Å². The SMILES string of the molecule is CCCCc1nc2ccccc2n1CCOc1ccc2ccccc2c1. The Kier molecular flexibility index (Phi) is 4.87. The zero-order chi connectivity index (χ0) is 17.8. The summed E-state index contributed by atoms with van der Waals surface area (Å²) in [6.07, 6.45) is 3.35. The minimum absolute atomic E-state index is 0.637. The number of imidazole rings is 1. The molecule has 3 nitrogen and oxygen atoms in total. The third-order valence-electron chi connectivity index (χ3n) is 4.79. The Morgan fingerprint density at radius 2 is 1.73 bits per heavy atom. The number of hydrogen-bond acceptors (Lipinski definition) is 2. The van der Waals surface area contributed by atoms with Crippen LogP contribution in [0.25, 0.3) is 21.8 Å². The maximum atomic E-state index is 6.05. The molecule has 3 heteroatoms. The van der Waals surface area contributed by atoms with Gasteiger partial charge in [-0.2, -0.15) is 0 Å². The van der Waals surface area contributed by atoms with Crippen molar-refractivity contribution in [2.45, 2.75) is 32.7 Å². The topological polar surface area (TPSA) is 27.1 Å². The number of fused-ring (bicyclic) bond motifs is 2. The molecule has 0 amide bonds. The summed E-state index contributed by atoms with van der Waals surface area (Å²) >= 11 is 0. The van der Waals surface area contributed by atoms with Gasteiger partial charge in [0.05, 0.1) is 17.6 Å². The fourth-order valence-electron chi connectivity index (χ4n) is 3.41. The van der Waals surface area contributed by atoms with Crippen LogP contribution in [0.4, 0.5) is 0 Å². The van der Waals surface area contributed by atoms with Gasteiger partial charge < -0.3 is 9.30 Å². The number of hydrogen-bond donors (Lipinski definition) is 0. The number of para-hydroxylation sites is 2. The van der Waals surface area contributed by atoms with Crippen LogP contribution in [0.5, 0.6) is 5.75 Å². The van der Waals surface area contributed by atoms with Crippen LogP contribution in [-0.2, 0) is 13.0 Å². The van der Waals surface area contributed by atoms with Crippen molar-refractivity contribution >= 4 is 21.8 Å².